The van der Waals surface area contributed by atoms with Gasteiger partial charge in [0.25, 0.3) is 0 Å². The van der Waals surface area contributed by atoms with E-state index in [4.69, 9.17) is 19.9 Å². The first-order chi connectivity index (χ1) is 9.01. The number of nitrogens with two attached hydrogens (primary N) is 1. The second-order valence-corrected chi connectivity index (χ2v) is 4.30. The van der Waals surface area contributed by atoms with Gasteiger partial charge in [-0.2, -0.15) is 0 Å². The third kappa shape index (κ3) is 4.90. The van der Waals surface area contributed by atoms with Gasteiger partial charge in [0.2, 0.25) is 5.75 Å². The van der Waals surface area contributed by atoms with Gasteiger partial charge >= 0.3 is 5.97 Å². The first-order valence-corrected chi connectivity index (χ1v) is 6.20. The molecule has 1 aromatic rings. The Hall–Kier alpha value is -1.46. The predicted molar refractivity (Wildman–Crippen MR) is 80.1 cm³/mol. The lowest BCUT2D eigenvalue weighted by Gasteiger charge is -2.16. The average molecular weight is 304 g/mol. The Morgan fingerprint density at radius 2 is 1.75 bits per heavy atom. The number of methoxy groups -OCH3 is 2. The molecule has 1 rings (SSSR count). The van der Waals surface area contributed by atoms with Gasteiger partial charge in [0.05, 0.1) is 14.2 Å². The minimum atomic E-state index is -0.422. The lowest BCUT2D eigenvalue weighted by atomic mass is 10.0. The average Bonchev–Trinajstić information content (AvgIpc) is 2.39. The molecule has 0 aliphatic carbocycles. The monoisotopic (exact) mass is 303 g/mol. The van der Waals surface area contributed by atoms with Crippen LogP contribution in [-0.2, 0) is 11.2 Å². The van der Waals surface area contributed by atoms with Gasteiger partial charge in [0.1, 0.15) is 0 Å². The summed E-state index contributed by atoms with van der Waals surface area (Å²) < 4.78 is 15.6. The van der Waals surface area contributed by atoms with Crippen LogP contribution in [0.1, 0.15) is 25.8 Å². The maximum absolute atomic E-state index is 11.1. The molecule has 0 saturated carbocycles. The number of benzene rings is 1. The van der Waals surface area contributed by atoms with Crippen LogP contribution >= 0.6 is 12.4 Å². The molecular weight excluding hydrogens is 282 g/mol. The summed E-state index contributed by atoms with van der Waals surface area (Å²) in [6, 6.07) is 3.71. The number of halogens is 1. The van der Waals surface area contributed by atoms with E-state index in [2.05, 4.69) is 0 Å². The number of carbonyl (C=O) groups is 1. The maximum Gasteiger partial charge on any atom is 0.308 e. The molecule has 1 atom stereocenters. The van der Waals surface area contributed by atoms with Crippen molar-refractivity contribution in [2.24, 2.45) is 5.73 Å². The van der Waals surface area contributed by atoms with Crippen LogP contribution in [0, 0.1) is 0 Å². The number of rotatable bonds is 6. The minimum absolute atomic E-state index is 0. The maximum atomic E-state index is 11.1. The van der Waals surface area contributed by atoms with Crippen LogP contribution in [0.25, 0.3) is 0 Å². The first-order valence-electron chi connectivity index (χ1n) is 6.20. The second kappa shape index (κ2) is 8.66. The highest BCUT2D eigenvalue weighted by atomic mass is 35.5. The predicted octanol–water partition coefficient (Wildman–Crippen LogP) is 2.33. The van der Waals surface area contributed by atoms with Crippen molar-refractivity contribution in [3.05, 3.63) is 17.7 Å². The smallest absolute Gasteiger partial charge is 0.308 e. The Kier molecular flexibility index (Phi) is 8.03. The van der Waals surface area contributed by atoms with Gasteiger partial charge in [-0.05, 0) is 30.5 Å². The van der Waals surface area contributed by atoms with E-state index in [-0.39, 0.29) is 18.4 Å². The largest absolute Gasteiger partial charge is 0.493 e. The summed E-state index contributed by atoms with van der Waals surface area (Å²) in [5.41, 5.74) is 6.92. The van der Waals surface area contributed by atoms with E-state index in [1.165, 1.54) is 21.1 Å². The minimum Gasteiger partial charge on any atom is -0.493 e. The normalized spacial score (nSPS) is 11.2. The molecule has 0 radical (unpaired) electrons. The van der Waals surface area contributed by atoms with Crippen LogP contribution in [0.4, 0.5) is 0 Å². The molecule has 1 unspecified atom stereocenters. The fourth-order valence-electron chi connectivity index (χ4n) is 1.74. The van der Waals surface area contributed by atoms with Crippen LogP contribution in [0.2, 0.25) is 0 Å². The van der Waals surface area contributed by atoms with Crippen LogP contribution in [0.15, 0.2) is 12.1 Å². The Balaban J connectivity index is 0.00000361. The van der Waals surface area contributed by atoms with E-state index >= 15 is 0 Å². The highest BCUT2D eigenvalue weighted by Gasteiger charge is 2.16. The summed E-state index contributed by atoms with van der Waals surface area (Å²) in [6.07, 6.45) is 1.60. The van der Waals surface area contributed by atoms with Gasteiger partial charge < -0.3 is 19.9 Å². The molecule has 0 amide bonds. The van der Waals surface area contributed by atoms with Crippen molar-refractivity contribution in [3.8, 4) is 17.2 Å². The first kappa shape index (κ1) is 18.5. The molecular formula is C14H22ClNO4. The molecule has 0 bridgehead atoms. The summed E-state index contributed by atoms with van der Waals surface area (Å²) in [7, 11) is 3.04. The second-order valence-electron chi connectivity index (χ2n) is 4.30. The lowest BCUT2D eigenvalue weighted by molar-refractivity contribution is -0.132. The van der Waals surface area contributed by atoms with Crippen molar-refractivity contribution < 1.29 is 19.0 Å². The zero-order chi connectivity index (χ0) is 14.4. The molecule has 0 aliphatic heterocycles. The zero-order valence-electron chi connectivity index (χ0n) is 12.3. The molecule has 5 nitrogen and oxygen atoms in total. The molecule has 0 heterocycles. The highest BCUT2D eigenvalue weighted by Crippen LogP contribution is 2.38. The molecule has 0 spiro atoms. The van der Waals surface area contributed by atoms with Gasteiger partial charge in [0, 0.05) is 13.0 Å². The zero-order valence-corrected chi connectivity index (χ0v) is 13.1. The van der Waals surface area contributed by atoms with Gasteiger partial charge in [0.15, 0.2) is 11.5 Å². The number of carbonyl (C=O) groups excluding carboxylic acids is 1. The van der Waals surface area contributed by atoms with Crippen molar-refractivity contribution in [1.29, 1.82) is 0 Å². The van der Waals surface area contributed by atoms with Crippen LogP contribution in [-0.4, -0.2) is 26.2 Å². The Morgan fingerprint density at radius 1 is 1.25 bits per heavy atom. The van der Waals surface area contributed by atoms with E-state index in [9.17, 15) is 4.79 Å². The molecule has 20 heavy (non-hydrogen) atoms. The number of hydrogen-bond acceptors (Lipinski definition) is 5. The molecule has 0 aliphatic rings. The van der Waals surface area contributed by atoms with Gasteiger partial charge in [-0.3, -0.25) is 4.79 Å². The molecule has 0 fully saturated rings. The summed E-state index contributed by atoms with van der Waals surface area (Å²) in [6.45, 7) is 3.37. The van der Waals surface area contributed by atoms with Crippen LogP contribution in [0.3, 0.4) is 0 Å². The van der Waals surface area contributed by atoms with Crippen LogP contribution < -0.4 is 19.9 Å². The van der Waals surface area contributed by atoms with Crippen molar-refractivity contribution in [2.45, 2.75) is 32.7 Å². The Bertz CT molecular complexity index is 426. The summed E-state index contributed by atoms with van der Waals surface area (Å²) in [5, 5.41) is 0. The third-order valence-electron chi connectivity index (χ3n) is 2.79. The fraction of sp³-hybridized carbons (Fsp3) is 0.500. The molecule has 114 valence electrons. The van der Waals surface area contributed by atoms with Crippen LogP contribution in [0.5, 0.6) is 17.2 Å². The SMILES string of the molecule is CCC(N)Cc1cc(OC)c(OC(C)=O)c(OC)c1.Cl. The Morgan fingerprint density at radius 3 is 2.10 bits per heavy atom. The molecule has 0 saturated heterocycles. The molecule has 1 aromatic carbocycles. The number of esters is 1. The summed E-state index contributed by atoms with van der Waals surface area (Å²) >= 11 is 0. The van der Waals surface area contributed by atoms with Crippen molar-refractivity contribution in [1.82, 2.24) is 0 Å². The third-order valence-corrected chi connectivity index (χ3v) is 2.79. The Labute approximate surface area is 125 Å². The van der Waals surface area contributed by atoms with E-state index in [0.29, 0.717) is 23.7 Å². The van der Waals surface area contributed by atoms with E-state index in [1.807, 2.05) is 19.1 Å². The molecule has 0 aromatic heterocycles. The standard InChI is InChI=1S/C14H21NO4.ClH/c1-5-11(15)6-10-7-12(17-3)14(19-9(2)16)13(8-10)18-4;/h7-8,11H,5-6,15H2,1-4H3;1H. The van der Waals surface area contributed by atoms with Crippen molar-refractivity contribution in [3.63, 3.8) is 0 Å². The van der Waals surface area contributed by atoms with E-state index in [0.717, 1.165) is 12.0 Å². The van der Waals surface area contributed by atoms with Gasteiger partial charge in [-0.1, -0.05) is 6.92 Å². The van der Waals surface area contributed by atoms with Gasteiger partial charge in [-0.25, -0.2) is 0 Å². The highest BCUT2D eigenvalue weighted by molar-refractivity contribution is 5.85. The van der Waals surface area contributed by atoms with E-state index in [1.54, 1.807) is 0 Å². The molecule has 6 heteroatoms. The van der Waals surface area contributed by atoms with Crippen molar-refractivity contribution in [2.75, 3.05) is 14.2 Å². The number of ether oxygens (including phenoxy) is 3. The summed E-state index contributed by atoms with van der Waals surface area (Å²) in [5.74, 6) is 0.807. The van der Waals surface area contributed by atoms with Crippen molar-refractivity contribution >= 4 is 18.4 Å². The fourth-order valence-corrected chi connectivity index (χ4v) is 1.74. The topological polar surface area (TPSA) is 70.8 Å². The number of hydrogen-bond donors (Lipinski definition) is 1. The quantitative estimate of drug-likeness (QED) is 0.645. The van der Waals surface area contributed by atoms with E-state index < -0.39 is 5.97 Å². The molecule has 2 N–H and O–H groups in total. The summed E-state index contributed by atoms with van der Waals surface area (Å²) in [4.78, 5) is 11.1. The lowest BCUT2D eigenvalue weighted by Crippen LogP contribution is -2.21. The van der Waals surface area contributed by atoms with Gasteiger partial charge in [-0.15, -0.1) is 12.4 Å².